The van der Waals surface area contributed by atoms with Gasteiger partial charge in [0.05, 0.1) is 20.3 Å². The Labute approximate surface area is 154 Å². The number of carbonyl (C=O) groups excluding carboxylic acids is 1. The summed E-state index contributed by atoms with van der Waals surface area (Å²) < 4.78 is 10.7. The van der Waals surface area contributed by atoms with Crippen molar-refractivity contribution in [2.75, 3.05) is 44.9 Å². The Morgan fingerprint density at radius 2 is 1.77 bits per heavy atom. The van der Waals surface area contributed by atoms with E-state index in [0.29, 0.717) is 6.54 Å². The molecule has 0 saturated carbocycles. The van der Waals surface area contributed by atoms with Gasteiger partial charge in [-0.05, 0) is 53.9 Å². The highest BCUT2D eigenvalue weighted by atomic mass is 16.5. The van der Waals surface area contributed by atoms with Gasteiger partial charge in [0.1, 0.15) is 5.75 Å². The number of nitrogens with zero attached hydrogens (tertiary/aromatic N) is 2. The van der Waals surface area contributed by atoms with Crippen molar-refractivity contribution in [3.8, 4) is 5.75 Å². The summed E-state index contributed by atoms with van der Waals surface area (Å²) in [6, 6.07) is 14.1. The van der Waals surface area contributed by atoms with Crippen LogP contribution in [0.15, 0.2) is 42.5 Å². The number of ether oxygens (including phenoxy) is 2. The van der Waals surface area contributed by atoms with Crippen molar-refractivity contribution in [3.63, 3.8) is 0 Å². The number of hydrogen-bond donors (Lipinski definition) is 0. The maximum absolute atomic E-state index is 12.9. The minimum atomic E-state index is 0.0898. The smallest absolute Gasteiger partial charge is 0.254 e. The Bertz CT molecular complexity index is 782. The fraction of sp³-hybridized carbons (Fsp3) is 0.381. The van der Waals surface area contributed by atoms with E-state index in [1.165, 1.54) is 11.1 Å². The van der Waals surface area contributed by atoms with Crippen molar-refractivity contribution >= 4 is 11.6 Å². The molecule has 0 unspecified atom stereocenters. The number of amides is 1. The standard InChI is InChI=1S/C21H24N2O3/c1-25-20-7-4-16-8-9-23(15-18(16)14-20)21(24)17-2-5-19(6-3-17)22-10-12-26-13-11-22/h2-7,14H,8-13,15H2,1H3. The van der Waals surface area contributed by atoms with Crippen molar-refractivity contribution < 1.29 is 14.3 Å². The molecule has 0 N–H and O–H groups in total. The van der Waals surface area contributed by atoms with Crippen LogP contribution in [0.2, 0.25) is 0 Å². The Hall–Kier alpha value is -2.53. The van der Waals surface area contributed by atoms with Crippen molar-refractivity contribution in [1.82, 2.24) is 4.90 Å². The third-order valence-corrected chi connectivity index (χ3v) is 5.20. The van der Waals surface area contributed by atoms with Crippen LogP contribution in [0.25, 0.3) is 0 Å². The monoisotopic (exact) mass is 352 g/mol. The van der Waals surface area contributed by atoms with Crippen molar-refractivity contribution in [1.29, 1.82) is 0 Å². The molecule has 2 aromatic carbocycles. The second-order valence-electron chi connectivity index (χ2n) is 6.76. The second-order valence-corrected chi connectivity index (χ2v) is 6.76. The van der Waals surface area contributed by atoms with Crippen LogP contribution in [-0.2, 0) is 17.7 Å². The average molecular weight is 352 g/mol. The van der Waals surface area contributed by atoms with Gasteiger partial charge in [-0.25, -0.2) is 0 Å². The lowest BCUT2D eigenvalue weighted by molar-refractivity contribution is 0.0734. The van der Waals surface area contributed by atoms with Gasteiger partial charge in [0.25, 0.3) is 5.91 Å². The molecular formula is C21H24N2O3. The van der Waals surface area contributed by atoms with E-state index in [1.807, 2.05) is 41.3 Å². The van der Waals surface area contributed by atoms with Crippen LogP contribution in [-0.4, -0.2) is 50.8 Å². The predicted molar refractivity (Wildman–Crippen MR) is 101 cm³/mol. The van der Waals surface area contributed by atoms with Crippen LogP contribution in [0.4, 0.5) is 5.69 Å². The maximum atomic E-state index is 12.9. The summed E-state index contributed by atoms with van der Waals surface area (Å²) >= 11 is 0. The largest absolute Gasteiger partial charge is 0.497 e. The Morgan fingerprint density at radius 1 is 1.00 bits per heavy atom. The molecule has 1 amide bonds. The number of carbonyl (C=O) groups is 1. The Balaban J connectivity index is 1.47. The number of morpholine rings is 1. The molecule has 0 aromatic heterocycles. The summed E-state index contributed by atoms with van der Waals surface area (Å²) in [5, 5.41) is 0. The van der Waals surface area contributed by atoms with E-state index in [2.05, 4.69) is 11.0 Å². The molecule has 1 saturated heterocycles. The summed E-state index contributed by atoms with van der Waals surface area (Å²) in [7, 11) is 1.67. The van der Waals surface area contributed by atoms with E-state index in [0.717, 1.165) is 56.3 Å². The molecule has 1 fully saturated rings. The van der Waals surface area contributed by atoms with Crippen LogP contribution in [0.3, 0.4) is 0 Å². The molecule has 0 aliphatic carbocycles. The molecular weight excluding hydrogens is 328 g/mol. The van der Waals surface area contributed by atoms with Gasteiger partial charge >= 0.3 is 0 Å². The topological polar surface area (TPSA) is 42.0 Å². The number of methoxy groups -OCH3 is 1. The Kier molecular flexibility index (Phi) is 4.80. The zero-order valence-corrected chi connectivity index (χ0v) is 15.1. The minimum Gasteiger partial charge on any atom is -0.497 e. The predicted octanol–water partition coefficient (Wildman–Crippen LogP) is 2.73. The van der Waals surface area contributed by atoms with Gasteiger partial charge in [0.15, 0.2) is 0 Å². The van der Waals surface area contributed by atoms with Crippen molar-refractivity contribution in [2.45, 2.75) is 13.0 Å². The average Bonchev–Trinajstić information content (AvgIpc) is 2.73. The molecule has 2 aromatic rings. The van der Waals surface area contributed by atoms with Crippen LogP contribution >= 0.6 is 0 Å². The first kappa shape index (κ1) is 16.9. The molecule has 2 aliphatic rings. The minimum absolute atomic E-state index is 0.0898. The highest BCUT2D eigenvalue weighted by molar-refractivity contribution is 5.94. The summed E-state index contributed by atoms with van der Waals surface area (Å²) in [5.74, 6) is 0.930. The van der Waals surface area contributed by atoms with E-state index in [1.54, 1.807) is 7.11 Å². The van der Waals surface area contributed by atoms with Crippen LogP contribution in [0, 0.1) is 0 Å². The number of benzene rings is 2. The lowest BCUT2D eigenvalue weighted by atomic mass is 9.98. The molecule has 2 heterocycles. The van der Waals surface area contributed by atoms with E-state index < -0.39 is 0 Å². The van der Waals surface area contributed by atoms with E-state index in [-0.39, 0.29) is 5.91 Å². The zero-order valence-electron chi connectivity index (χ0n) is 15.1. The molecule has 5 heteroatoms. The normalized spacial score (nSPS) is 17.0. The van der Waals surface area contributed by atoms with E-state index >= 15 is 0 Å². The number of anilines is 1. The maximum Gasteiger partial charge on any atom is 0.254 e. The first-order valence-corrected chi connectivity index (χ1v) is 9.12. The third-order valence-electron chi connectivity index (χ3n) is 5.20. The highest BCUT2D eigenvalue weighted by Crippen LogP contribution is 2.25. The molecule has 0 spiro atoms. The van der Waals surface area contributed by atoms with Gasteiger partial charge < -0.3 is 19.3 Å². The van der Waals surface area contributed by atoms with Crippen molar-refractivity contribution in [3.05, 3.63) is 59.2 Å². The number of hydrogen-bond acceptors (Lipinski definition) is 4. The molecule has 4 rings (SSSR count). The molecule has 136 valence electrons. The van der Waals surface area contributed by atoms with E-state index in [4.69, 9.17) is 9.47 Å². The van der Waals surface area contributed by atoms with Crippen LogP contribution in [0.5, 0.6) is 5.75 Å². The Morgan fingerprint density at radius 3 is 2.50 bits per heavy atom. The SMILES string of the molecule is COc1ccc2c(c1)CN(C(=O)c1ccc(N3CCOCC3)cc1)CC2. The van der Waals surface area contributed by atoms with Gasteiger partial charge in [-0.1, -0.05) is 6.07 Å². The number of fused-ring (bicyclic) bond motifs is 1. The van der Waals surface area contributed by atoms with Crippen LogP contribution in [0.1, 0.15) is 21.5 Å². The van der Waals surface area contributed by atoms with Gasteiger partial charge in [0.2, 0.25) is 0 Å². The molecule has 2 aliphatic heterocycles. The lowest BCUT2D eigenvalue weighted by Gasteiger charge is -2.30. The fourth-order valence-corrected chi connectivity index (χ4v) is 3.65. The first-order valence-electron chi connectivity index (χ1n) is 9.12. The highest BCUT2D eigenvalue weighted by Gasteiger charge is 2.22. The lowest BCUT2D eigenvalue weighted by Crippen LogP contribution is -2.37. The summed E-state index contributed by atoms with van der Waals surface area (Å²) in [4.78, 5) is 17.1. The summed E-state index contributed by atoms with van der Waals surface area (Å²) in [5.41, 5.74) is 4.37. The molecule has 26 heavy (non-hydrogen) atoms. The van der Waals surface area contributed by atoms with Gasteiger partial charge in [-0.15, -0.1) is 0 Å². The van der Waals surface area contributed by atoms with E-state index in [9.17, 15) is 4.79 Å². The molecule has 0 radical (unpaired) electrons. The molecule has 5 nitrogen and oxygen atoms in total. The summed E-state index contributed by atoms with van der Waals surface area (Å²) in [6.45, 7) is 4.71. The third kappa shape index (κ3) is 3.40. The van der Waals surface area contributed by atoms with Crippen molar-refractivity contribution in [2.24, 2.45) is 0 Å². The second kappa shape index (κ2) is 7.38. The molecule has 0 atom stereocenters. The zero-order chi connectivity index (χ0) is 17.9. The van der Waals surface area contributed by atoms with Gasteiger partial charge in [0, 0.05) is 37.4 Å². The van der Waals surface area contributed by atoms with Crippen LogP contribution < -0.4 is 9.64 Å². The van der Waals surface area contributed by atoms with Gasteiger partial charge in [-0.2, -0.15) is 0 Å². The first-order chi connectivity index (χ1) is 12.7. The summed E-state index contributed by atoms with van der Waals surface area (Å²) in [6.07, 6.45) is 0.886. The van der Waals surface area contributed by atoms with Gasteiger partial charge in [-0.3, -0.25) is 4.79 Å². The molecule has 0 bridgehead atoms. The quantitative estimate of drug-likeness (QED) is 0.852. The fourth-order valence-electron chi connectivity index (χ4n) is 3.65. The number of rotatable bonds is 3.